The van der Waals surface area contributed by atoms with Crippen LogP contribution < -0.4 is 10.9 Å². The Hall–Kier alpha value is -3.77. The normalized spacial score (nSPS) is 10.2. The summed E-state index contributed by atoms with van der Waals surface area (Å²) >= 11 is 0. The van der Waals surface area contributed by atoms with Crippen LogP contribution in [0.25, 0.3) is 10.9 Å². The highest BCUT2D eigenvalue weighted by Crippen LogP contribution is 2.34. The molecule has 126 valence electrons. The average Bonchev–Trinajstić information content (AvgIpc) is 2.51. The molecule has 0 bridgehead atoms. The number of nitrogens with one attached hydrogen (secondary N) is 2. The van der Waals surface area contributed by atoms with Gasteiger partial charge in [0.15, 0.2) is 5.82 Å². The monoisotopic (exact) mass is 338 g/mol. The van der Waals surface area contributed by atoms with Crippen LogP contribution in [0, 0.1) is 20.2 Å². The lowest BCUT2D eigenvalue weighted by Crippen LogP contribution is -2.30. The summed E-state index contributed by atoms with van der Waals surface area (Å²) in [5.41, 5.74) is 2.67. The zero-order chi connectivity index (χ0) is 17.9. The lowest BCUT2D eigenvalue weighted by atomic mass is 10.2. The van der Waals surface area contributed by atoms with Crippen molar-refractivity contribution >= 4 is 34.2 Å². The Balaban J connectivity index is 2.55. The summed E-state index contributed by atoms with van der Waals surface area (Å²) in [6, 6.07) is 0.936. The molecule has 24 heavy (non-hydrogen) atoms. The molecule has 0 unspecified atom stereocenters. The van der Waals surface area contributed by atoms with Crippen LogP contribution in [0.5, 0.6) is 6.01 Å². The number of amides is 1. The molecule has 0 spiro atoms. The Kier molecular flexibility index (Phi) is 4.53. The molecule has 0 radical (unpaired) electrons. The highest BCUT2D eigenvalue weighted by molar-refractivity contribution is 5.94. The van der Waals surface area contributed by atoms with E-state index in [-0.39, 0.29) is 23.3 Å². The molecule has 0 aliphatic rings. The summed E-state index contributed by atoms with van der Waals surface area (Å²) in [5, 5.41) is 31.4. The van der Waals surface area contributed by atoms with Crippen molar-refractivity contribution in [2.24, 2.45) is 0 Å². The number of aromatic hydroxyl groups is 1. The van der Waals surface area contributed by atoms with Crippen molar-refractivity contribution in [3.05, 3.63) is 32.4 Å². The highest BCUT2D eigenvalue weighted by Gasteiger charge is 2.27. The van der Waals surface area contributed by atoms with Crippen molar-refractivity contribution in [2.75, 3.05) is 12.0 Å². The first-order chi connectivity index (χ1) is 11.3. The average molecular weight is 338 g/mol. The fourth-order valence-corrected chi connectivity index (χ4v) is 1.81. The van der Waals surface area contributed by atoms with E-state index in [0.717, 1.165) is 12.1 Å². The van der Waals surface area contributed by atoms with Gasteiger partial charge in [0.2, 0.25) is 0 Å². The van der Waals surface area contributed by atoms with E-state index in [1.807, 2.05) is 0 Å². The van der Waals surface area contributed by atoms with E-state index in [0.29, 0.717) is 0 Å². The molecule has 13 nitrogen and oxygen atoms in total. The van der Waals surface area contributed by atoms with Crippen LogP contribution in [0.2, 0.25) is 0 Å². The number of fused-ring (bicyclic) bond motifs is 1. The van der Waals surface area contributed by atoms with E-state index in [1.54, 1.807) is 6.92 Å². The third kappa shape index (κ3) is 3.34. The molecule has 0 fully saturated rings. The molecular formula is C11H10N6O7. The molecule has 13 heteroatoms. The van der Waals surface area contributed by atoms with Crippen LogP contribution in [-0.2, 0) is 4.74 Å². The van der Waals surface area contributed by atoms with Gasteiger partial charge in [0.1, 0.15) is 0 Å². The van der Waals surface area contributed by atoms with Crippen LogP contribution in [0.1, 0.15) is 6.92 Å². The first-order valence-electron chi connectivity index (χ1n) is 6.35. The maximum absolute atomic E-state index is 11.3. The van der Waals surface area contributed by atoms with Crippen molar-refractivity contribution in [3.8, 4) is 6.01 Å². The maximum Gasteiger partial charge on any atom is 0.425 e. The summed E-state index contributed by atoms with van der Waals surface area (Å²) in [5.74, 6) is -0.205. The summed E-state index contributed by atoms with van der Waals surface area (Å²) in [6.45, 7) is 1.68. The number of carbonyl (C=O) groups excluding carboxylic acids is 1. The number of benzene rings is 1. The van der Waals surface area contributed by atoms with Gasteiger partial charge in [0.25, 0.3) is 0 Å². The predicted molar refractivity (Wildman–Crippen MR) is 78.3 cm³/mol. The molecule has 1 amide bonds. The van der Waals surface area contributed by atoms with Gasteiger partial charge in [-0.3, -0.25) is 25.7 Å². The first kappa shape index (κ1) is 16.6. The van der Waals surface area contributed by atoms with Crippen LogP contribution in [0.15, 0.2) is 12.1 Å². The Morgan fingerprint density at radius 2 is 1.88 bits per heavy atom. The van der Waals surface area contributed by atoms with Gasteiger partial charge in [0.05, 0.1) is 33.4 Å². The van der Waals surface area contributed by atoms with Gasteiger partial charge in [-0.05, 0) is 6.92 Å². The molecule has 0 saturated carbocycles. The highest BCUT2D eigenvalue weighted by atomic mass is 16.6. The third-order valence-electron chi connectivity index (χ3n) is 2.73. The van der Waals surface area contributed by atoms with E-state index in [4.69, 9.17) is 0 Å². The van der Waals surface area contributed by atoms with E-state index < -0.39 is 33.3 Å². The molecule has 1 aromatic heterocycles. The van der Waals surface area contributed by atoms with Crippen LogP contribution in [0.3, 0.4) is 0 Å². The van der Waals surface area contributed by atoms with Gasteiger partial charge in [-0.15, -0.1) is 0 Å². The summed E-state index contributed by atoms with van der Waals surface area (Å²) in [7, 11) is 0. The SMILES string of the molecule is CCOC(=O)NNc1nc(O)nc2cc([N+](=O)[O-])c([N+](=O)[O-])cc12. The number of nitro groups is 2. The van der Waals surface area contributed by atoms with Gasteiger partial charge in [-0.2, -0.15) is 9.97 Å². The van der Waals surface area contributed by atoms with Gasteiger partial charge >= 0.3 is 23.5 Å². The molecule has 2 rings (SSSR count). The van der Waals surface area contributed by atoms with E-state index in [2.05, 4.69) is 25.6 Å². The predicted octanol–water partition coefficient (Wildman–Crippen LogP) is 1.22. The minimum Gasteiger partial charge on any atom is -0.479 e. The quantitative estimate of drug-likeness (QED) is 0.529. The number of nitro benzene ring substituents is 2. The number of anilines is 1. The second kappa shape index (κ2) is 6.55. The first-order valence-corrected chi connectivity index (χ1v) is 6.35. The molecule has 0 aliphatic heterocycles. The Morgan fingerprint density at radius 1 is 1.25 bits per heavy atom. The van der Waals surface area contributed by atoms with Gasteiger partial charge in [-0.1, -0.05) is 0 Å². The fraction of sp³-hybridized carbons (Fsp3) is 0.182. The topological polar surface area (TPSA) is 183 Å². The molecule has 1 aromatic carbocycles. The number of aromatic nitrogens is 2. The fourth-order valence-electron chi connectivity index (χ4n) is 1.81. The van der Waals surface area contributed by atoms with Crippen molar-refractivity contribution in [1.29, 1.82) is 0 Å². The molecular weight excluding hydrogens is 328 g/mol. The minimum absolute atomic E-state index is 0.0260. The molecule has 3 N–H and O–H groups in total. The summed E-state index contributed by atoms with van der Waals surface area (Å²) in [6.07, 6.45) is -0.861. The second-order valence-corrected chi connectivity index (χ2v) is 4.21. The number of hydrazine groups is 1. The van der Waals surface area contributed by atoms with Crippen molar-refractivity contribution in [3.63, 3.8) is 0 Å². The number of hydrogen-bond acceptors (Lipinski definition) is 10. The van der Waals surface area contributed by atoms with Crippen molar-refractivity contribution < 1.29 is 24.5 Å². The number of nitrogens with zero attached hydrogens (tertiary/aromatic N) is 4. The van der Waals surface area contributed by atoms with Crippen LogP contribution >= 0.6 is 0 Å². The smallest absolute Gasteiger partial charge is 0.425 e. The zero-order valence-corrected chi connectivity index (χ0v) is 12.0. The molecule has 2 aromatic rings. The largest absolute Gasteiger partial charge is 0.479 e. The summed E-state index contributed by atoms with van der Waals surface area (Å²) in [4.78, 5) is 38.5. The van der Waals surface area contributed by atoms with Gasteiger partial charge in [0, 0.05) is 6.07 Å². The number of carbonyl (C=O) groups is 1. The summed E-state index contributed by atoms with van der Waals surface area (Å²) < 4.78 is 4.60. The number of ether oxygens (including phenoxy) is 1. The van der Waals surface area contributed by atoms with Gasteiger partial charge in [-0.25, -0.2) is 10.2 Å². The van der Waals surface area contributed by atoms with Crippen molar-refractivity contribution in [2.45, 2.75) is 6.92 Å². The Labute approximate surface area is 132 Å². The lowest BCUT2D eigenvalue weighted by molar-refractivity contribution is -0.422. The third-order valence-corrected chi connectivity index (χ3v) is 2.73. The molecule has 0 atom stereocenters. The minimum atomic E-state index is -0.944. The Morgan fingerprint density at radius 3 is 2.46 bits per heavy atom. The lowest BCUT2D eigenvalue weighted by Gasteiger charge is -2.10. The Bertz CT molecular complexity index is 839. The van der Waals surface area contributed by atoms with Crippen molar-refractivity contribution in [1.82, 2.24) is 15.4 Å². The van der Waals surface area contributed by atoms with Crippen LogP contribution in [-0.4, -0.2) is 37.6 Å². The number of rotatable bonds is 5. The molecule has 1 heterocycles. The molecule has 0 aliphatic carbocycles. The second-order valence-electron chi connectivity index (χ2n) is 4.21. The van der Waals surface area contributed by atoms with Gasteiger partial charge < -0.3 is 9.84 Å². The van der Waals surface area contributed by atoms with E-state index >= 15 is 0 Å². The zero-order valence-electron chi connectivity index (χ0n) is 12.0. The molecule has 0 saturated heterocycles. The van der Waals surface area contributed by atoms with Crippen LogP contribution in [0.4, 0.5) is 22.0 Å². The van der Waals surface area contributed by atoms with E-state index in [1.165, 1.54) is 0 Å². The number of hydrogen-bond donors (Lipinski definition) is 3. The maximum atomic E-state index is 11.3. The van der Waals surface area contributed by atoms with E-state index in [9.17, 15) is 30.1 Å². The standard InChI is InChI=1S/C11H10N6O7/c1-2-24-11(19)15-14-9-5-3-7(16(20)21)8(17(22)23)4-6(5)12-10(18)13-9/h3-4H,2H2,1H3,(H,15,19)(H2,12,13,14,18).